The average molecular weight is 268 g/mol. The number of rotatable bonds is 0. The first kappa shape index (κ1) is 13.0. The van der Waals surface area contributed by atoms with Gasteiger partial charge in [-0.2, -0.15) is 0 Å². The van der Waals surface area contributed by atoms with Gasteiger partial charge >= 0.3 is 0 Å². The van der Waals surface area contributed by atoms with Gasteiger partial charge in [-0.15, -0.1) is 0 Å². The highest BCUT2D eigenvalue weighted by Gasteiger charge is 2.26. The van der Waals surface area contributed by atoms with Gasteiger partial charge in [0.05, 0.1) is 19.8 Å². The summed E-state index contributed by atoms with van der Waals surface area (Å²) in [6, 6.07) is 9.20. The van der Waals surface area contributed by atoms with Crippen LogP contribution in [0.15, 0.2) is 49.2 Å². The van der Waals surface area contributed by atoms with Gasteiger partial charge in [0, 0.05) is 23.7 Å². The van der Waals surface area contributed by atoms with Crippen molar-refractivity contribution in [3.8, 4) is 11.3 Å². The van der Waals surface area contributed by atoms with Crippen LogP contribution < -0.4 is 4.57 Å². The van der Waals surface area contributed by atoms with Gasteiger partial charge in [-0.1, -0.05) is 31.2 Å². The first-order valence-corrected chi connectivity index (χ1v) is 7.14. The Balaban J connectivity index is 2.37. The molecule has 0 saturated carbocycles. The fourth-order valence-corrected chi connectivity index (χ4v) is 3.07. The van der Waals surface area contributed by atoms with Crippen LogP contribution in [0.3, 0.4) is 0 Å². The molecule has 2 atom stereocenters. The normalized spacial score (nSPS) is 20.0. The van der Waals surface area contributed by atoms with E-state index in [4.69, 9.17) is 0 Å². The Morgan fingerprint density at radius 2 is 1.90 bits per heavy atom. The molecule has 2 unspecified atom stereocenters. The number of benzene rings is 1. The predicted octanol–water partition coefficient (Wildman–Crippen LogP) is 3.12. The smallest absolute Gasteiger partial charge is 0.243 e. The minimum absolute atomic E-state index is 0.451. The predicted molar refractivity (Wildman–Crippen MR) is 80.8 cm³/mol. The summed E-state index contributed by atoms with van der Waals surface area (Å²) in [5.41, 5.74) is 4.06. The molecule has 2 aromatic rings. The van der Waals surface area contributed by atoms with Crippen LogP contribution in [0.5, 0.6) is 0 Å². The van der Waals surface area contributed by atoms with E-state index in [9.17, 15) is 0 Å². The summed E-state index contributed by atoms with van der Waals surface area (Å²) >= 11 is 0. The Morgan fingerprint density at radius 1 is 1.15 bits per heavy atom. The molecule has 0 spiro atoms. The van der Waals surface area contributed by atoms with Gasteiger partial charge in [-0.05, 0) is 12.5 Å². The van der Waals surface area contributed by atoms with Gasteiger partial charge in [-0.25, -0.2) is 9.13 Å². The lowest BCUT2D eigenvalue weighted by Crippen LogP contribution is -2.29. The first-order valence-electron chi connectivity index (χ1n) is 7.14. The minimum Gasteiger partial charge on any atom is -0.338 e. The molecule has 1 aliphatic heterocycles. The number of aryl methyl sites for hydroxylation is 2. The molecule has 104 valence electrons. The zero-order chi connectivity index (χ0) is 14.3. The van der Waals surface area contributed by atoms with Gasteiger partial charge in [0.1, 0.15) is 12.4 Å². The van der Waals surface area contributed by atoms with Crippen molar-refractivity contribution >= 4 is 0 Å². The van der Waals surface area contributed by atoms with E-state index in [1.165, 1.54) is 16.8 Å². The molecule has 0 amide bonds. The maximum Gasteiger partial charge on any atom is 0.243 e. The lowest BCUT2D eigenvalue weighted by atomic mass is 9.85. The largest absolute Gasteiger partial charge is 0.338 e. The third-order valence-electron chi connectivity index (χ3n) is 4.32. The summed E-state index contributed by atoms with van der Waals surface area (Å²) in [7, 11) is 4.13. The number of nitrogens with zero attached hydrogens (tertiary/aromatic N) is 3. The van der Waals surface area contributed by atoms with Crippen LogP contribution in [-0.2, 0) is 14.1 Å². The number of hydrogen-bond donors (Lipinski definition) is 0. The standard InChI is InChI=1S/C17H22N3/c1-13-14(2)20-10-9-18(3)12-19(4)11-17(20)16-8-6-5-7-15(13)16/h5-14H,1-4H3/q+1. The summed E-state index contributed by atoms with van der Waals surface area (Å²) in [5, 5.41) is 0. The fourth-order valence-electron chi connectivity index (χ4n) is 3.07. The highest BCUT2D eigenvalue weighted by molar-refractivity contribution is 5.66. The van der Waals surface area contributed by atoms with Gasteiger partial charge in [0.15, 0.2) is 0 Å². The quantitative estimate of drug-likeness (QED) is 0.652. The topological polar surface area (TPSA) is 13.7 Å². The highest BCUT2D eigenvalue weighted by Crippen LogP contribution is 2.40. The SMILES string of the molecule is CC1c2ccccc2-c2cn(C)c[n+](C)ccn2C1C. The van der Waals surface area contributed by atoms with Crippen molar-refractivity contribution in [3.05, 3.63) is 54.7 Å². The zero-order valence-electron chi connectivity index (χ0n) is 12.6. The van der Waals surface area contributed by atoms with Gasteiger partial charge in [0.2, 0.25) is 6.33 Å². The van der Waals surface area contributed by atoms with E-state index in [2.05, 4.69) is 90.8 Å². The van der Waals surface area contributed by atoms with E-state index in [-0.39, 0.29) is 0 Å². The van der Waals surface area contributed by atoms with Gasteiger partial charge in [0.25, 0.3) is 0 Å². The number of fused-ring (bicyclic) bond motifs is 3. The molecule has 3 nitrogen and oxygen atoms in total. The second-order valence-electron chi connectivity index (χ2n) is 5.78. The van der Waals surface area contributed by atoms with E-state index in [0.29, 0.717) is 12.0 Å². The average Bonchev–Trinajstić information content (AvgIpc) is 2.42. The number of hydrogen-bond acceptors (Lipinski definition) is 0. The van der Waals surface area contributed by atoms with Crippen molar-refractivity contribution in [1.29, 1.82) is 0 Å². The van der Waals surface area contributed by atoms with Crippen molar-refractivity contribution in [1.82, 2.24) is 9.13 Å². The Kier molecular flexibility index (Phi) is 3.13. The second kappa shape index (κ2) is 4.82. The van der Waals surface area contributed by atoms with Crippen LogP contribution in [0.2, 0.25) is 0 Å². The van der Waals surface area contributed by atoms with E-state index >= 15 is 0 Å². The van der Waals surface area contributed by atoms with Crippen molar-refractivity contribution in [2.75, 3.05) is 0 Å². The molecule has 3 rings (SSSR count). The van der Waals surface area contributed by atoms with E-state index in [0.717, 1.165) is 0 Å². The van der Waals surface area contributed by atoms with Crippen LogP contribution in [0, 0.1) is 0 Å². The maximum absolute atomic E-state index is 2.38. The Bertz CT molecular complexity index is 692. The molecular formula is C17H22N3+. The molecule has 3 heteroatoms. The fraction of sp³-hybridized carbons (Fsp3) is 0.353. The lowest BCUT2D eigenvalue weighted by Gasteiger charge is -2.32. The number of aromatic nitrogens is 3. The van der Waals surface area contributed by atoms with Gasteiger partial charge < -0.3 is 4.57 Å². The van der Waals surface area contributed by atoms with Crippen LogP contribution >= 0.6 is 0 Å². The molecule has 0 N–H and O–H groups in total. The van der Waals surface area contributed by atoms with Crippen molar-refractivity contribution < 1.29 is 4.57 Å². The molecule has 1 aromatic heterocycles. The molecule has 0 saturated heterocycles. The monoisotopic (exact) mass is 268 g/mol. The Labute approximate surface area is 120 Å². The van der Waals surface area contributed by atoms with Crippen molar-refractivity contribution in [2.24, 2.45) is 14.1 Å². The zero-order valence-corrected chi connectivity index (χ0v) is 12.6. The third kappa shape index (κ3) is 2.03. The van der Waals surface area contributed by atoms with Crippen LogP contribution in [0.4, 0.5) is 0 Å². The van der Waals surface area contributed by atoms with Crippen molar-refractivity contribution in [2.45, 2.75) is 25.8 Å². The summed E-state index contributed by atoms with van der Waals surface area (Å²) < 4.78 is 6.57. The Hall–Kier alpha value is -2.03. The maximum atomic E-state index is 2.38. The summed E-state index contributed by atoms with van der Waals surface area (Å²) in [6.45, 7) is 4.61. The van der Waals surface area contributed by atoms with E-state index in [1.54, 1.807) is 0 Å². The first-order chi connectivity index (χ1) is 9.58. The van der Waals surface area contributed by atoms with Crippen molar-refractivity contribution in [3.63, 3.8) is 0 Å². The van der Waals surface area contributed by atoms with Crippen LogP contribution in [-0.4, -0.2) is 9.13 Å². The van der Waals surface area contributed by atoms with Crippen LogP contribution in [0.1, 0.15) is 31.4 Å². The molecular weight excluding hydrogens is 246 g/mol. The summed E-state index contributed by atoms with van der Waals surface area (Å²) in [4.78, 5) is 0. The molecule has 0 aliphatic carbocycles. The van der Waals surface area contributed by atoms with E-state index in [1.807, 2.05) is 0 Å². The second-order valence-corrected chi connectivity index (χ2v) is 5.78. The molecule has 0 bridgehead atoms. The van der Waals surface area contributed by atoms with Crippen LogP contribution in [0.25, 0.3) is 11.3 Å². The summed E-state index contributed by atoms with van der Waals surface area (Å²) in [6.07, 6.45) is 8.58. The third-order valence-corrected chi connectivity index (χ3v) is 4.32. The van der Waals surface area contributed by atoms with E-state index < -0.39 is 0 Å². The minimum atomic E-state index is 0.451. The molecule has 20 heavy (non-hydrogen) atoms. The molecule has 1 aliphatic rings. The van der Waals surface area contributed by atoms with Gasteiger partial charge in [-0.3, -0.25) is 0 Å². The molecule has 0 radical (unpaired) electrons. The molecule has 1 aromatic carbocycles. The Morgan fingerprint density at radius 3 is 2.70 bits per heavy atom. The lowest BCUT2D eigenvalue weighted by molar-refractivity contribution is -0.675. The molecule has 0 fully saturated rings. The molecule has 2 heterocycles. The highest BCUT2D eigenvalue weighted by atomic mass is 15.1. The summed E-state index contributed by atoms with van der Waals surface area (Å²) in [5.74, 6) is 0.520.